The summed E-state index contributed by atoms with van der Waals surface area (Å²) in [7, 11) is 0. The number of carbonyl (C=O) groups excluding carboxylic acids is 1. The van der Waals surface area contributed by atoms with Gasteiger partial charge in [-0.3, -0.25) is 9.89 Å². The van der Waals surface area contributed by atoms with Gasteiger partial charge in [0.1, 0.15) is 17.5 Å². The van der Waals surface area contributed by atoms with Crippen LogP contribution in [0.2, 0.25) is 0 Å². The Labute approximate surface area is 120 Å². The maximum absolute atomic E-state index is 13.5. The Morgan fingerprint density at radius 2 is 2.05 bits per heavy atom. The van der Waals surface area contributed by atoms with Crippen molar-refractivity contribution in [1.29, 1.82) is 0 Å². The summed E-state index contributed by atoms with van der Waals surface area (Å²) in [6.07, 6.45) is 0.686. The van der Waals surface area contributed by atoms with E-state index in [-0.39, 0.29) is 17.8 Å². The molecule has 21 heavy (non-hydrogen) atoms. The number of carbonyl (C=O) groups is 1. The molecule has 0 saturated heterocycles. The van der Waals surface area contributed by atoms with Gasteiger partial charge in [0.05, 0.1) is 0 Å². The van der Waals surface area contributed by atoms with Crippen molar-refractivity contribution >= 4 is 5.91 Å². The molecule has 2 rings (SSSR count). The Morgan fingerprint density at radius 1 is 1.38 bits per heavy atom. The molecule has 0 aliphatic heterocycles. The molecule has 2 N–H and O–H groups in total. The molecule has 1 aromatic carbocycles. The standard InChI is InChI=1S/C14H16F2N4O/c1-3-12-18-13(20-19-12)14(21)17-8(2)7-9-10(15)5-4-6-11(9)16/h4-6,8H,3,7H2,1-2H3,(H,17,21)(H,18,19,20). The van der Waals surface area contributed by atoms with Crippen LogP contribution in [0.25, 0.3) is 0 Å². The molecule has 0 spiro atoms. The Hall–Kier alpha value is -2.31. The van der Waals surface area contributed by atoms with Crippen molar-refractivity contribution in [2.45, 2.75) is 32.7 Å². The second kappa shape index (κ2) is 6.43. The first kappa shape index (κ1) is 15.1. The molecule has 1 aromatic heterocycles. The summed E-state index contributed by atoms with van der Waals surface area (Å²) in [6.45, 7) is 3.54. The van der Waals surface area contributed by atoms with Crippen LogP contribution in [0.15, 0.2) is 18.2 Å². The monoisotopic (exact) mass is 294 g/mol. The molecular weight excluding hydrogens is 278 g/mol. The van der Waals surface area contributed by atoms with Crippen LogP contribution in [0.1, 0.15) is 35.9 Å². The third-order valence-electron chi connectivity index (χ3n) is 3.02. The van der Waals surface area contributed by atoms with Crippen LogP contribution in [-0.4, -0.2) is 27.1 Å². The topological polar surface area (TPSA) is 70.7 Å². The van der Waals surface area contributed by atoms with E-state index >= 15 is 0 Å². The minimum atomic E-state index is -0.623. The van der Waals surface area contributed by atoms with Gasteiger partial charge in [-0.1, -0.05) is 13.0 Å². The number of benzene rings is 1. The zero-order valence-electron chi connectivity index (χ0n) is 11.8. The van der Waals surface area contributed by atoms with E-state index in [4.69, 9.17) is 0 Å². The van der Waals surface area contributed by atoms with Crippen molar-refractivity contribution in [2.75, 3.05) is 0 Å². The number of aromatic nitrogens is 3. The van der Waals surface area contributed by atoms with Gasteiger partial charge in [-0.2, -0.15) is 0 Å². The van der Waals surface area contributed by atoms with E-state index < -0.39 is 23.6 Å². The summed E-state index contributed by atoms with van der Waals surface area (Å²) in [5.74, 6) is -1.10. The number of rotatable bonds is 5. The molecular formula is C14H16F2N4O. The van der Waals surface area contributed by atoms with Crippen molar-refractivity contribution in [3.05, 3.63) is 47.0 Å². The molecule has 0 aliphatic rings. The number of hydrogen-bond acceptors (Lipinski definition) is 3. The van der Waals surface area contributed by atoms with Crippen molar-refractivity contribution in [3.8, 4) is 0 Å². The number of nitrogens with zero attached hydrogens (tertiary/aromatic N) is 2. The number of aromatic amines is 1. The van der Waals surface area contributed by atoms with Crippen molar-refractivity contribution in [1.82, 2.24) is 20.5 Å². The highest BCUT2D eigenvalue weighted by Gasteiger charge is 2.17. The van der Waals surface area contributed by atoms with Gasteiger partial charge in [0.2, 0.25) is 5.82 Å². The number of amides is 1. The molecule has 1 atom stereocenters. The average Bonchev–Trinajstić information content (AvgIpc) is 2.92. The van der Waals surface area contributed by atoms with Crippen LogP contribution in [-0.2, 0) is 12.8 Å². The van der Waals surface area contributed by atoms with E-state index in [9.17, 15) is 13.6 Å². The summed E-state index contributed by atoms with van der Waals surface area (Å²) in [5, 5.41) is 9.04. The highest BCUT2D eigenvalue weighted by Crippen LogP contribution is 2.14. The first-order valence-electron chi connectivity index (χ1n) is 6.66. The average molecular weight is 294 g/mol. The Balaban J connectivity index is 2.01. The van der Waals surface area contributed by atoms with Gasteiger partial charge >= 0.3 is 0 Å². The van der Waals surface area contributed by atoms with Crippen LogP contribution in [0, 0.1) is 11.6 Å². The minimum Gasteiger partial charge on any atom is -0.346 e. The predicted molar refractivity (Wildman–Crippen MR) is 72.8 cm³/mol. The van der Waals surface area contributed by atoms with Gasteiger partial charge in [-0.15, -0.1) is 5.10 Å². The summed E-state index contributed by atoms with van der Waals surface area (Å²) >= 11 is 0. The van der Waals surface area contributed by atoms with Crippen LogP contribution in [0.3, 0.4) is 0 Å². The zero-order valence-corrected chi connectivity index (χ0v) is 11.8. The third kappa shape index (κ3) is 3.62. The minimum absolute atomic E-state index is 0.0210. The largest absolute Gasteiger partial charge is 0.346 e. The number of nitrogens with one attached hydrogen (secondary N) is 2. The summed E-state index contributed by atoms with van der Waals surface area (Å²) in [6, 6.07) is 3.23. The van der Waals surface area contributed by atoms with Gasteiger partial charge in [0.15, 0.2) is 0 Å². The second-order valence-corrected chi connectivity index (χ2v) is 4.74. The van der Waals surface area contributed by atoms with Crippen LogP contribution in [0.5, 0.6) is 0 Å². The second-order valence-electron chi connectivity index (χ2n) is 4.74. The van der Waals surface area contributed by atoms with Crippen molar-refractivity contribution in [2.24, 2.45) is 0 Å². The van der Waals surface area contributed by atoms with Crippen molar-refractivity contribution in [3.63, 3.8) is 0 Å². The molecule has 0 saturated carbocycles. The van der Waals surface area contributed by atoms with Crippen molar-refractivity contribution < 1.29 is 13.6 Å². The highest BCUT2D eigenvalue weighted by molar-refractivity contribution is 5.90. The van der Waals surface area contributed by atoms with E-state index in [1.165, 1.54) is 18.2 Å². The molecule has 0 aliphatic carbocycles. The number of hydrogen-bond donors (Lipinski definition) is 2. The Bertz CT molecular complexity index is 621. The molecule has 1 unspecified atom stereocenters. The number of H-pyrrole nitrogens is 1. The fourth-order valence-corrected chi connectivity index (χ4v) is 1.93. The molecule has 2 aromatic rings. The molecule has 1 amide bonds. The lowest BCUT2D eigenvalue weighted by Gasteiger charge is -2.13. The number of halogens is 2. The van der Waals surface area contributed by atoms with E-state index in [2.05, 4.69) is 20.5 Å². The Morgan fingerprint density at radius 3 is 2.62 bits per heavy atom. The van der Waals surface area contributed by atoms with E-state index in [0.29, 0.717) is 12.2 Å². The van der Waals surface area contributed by atoms with Gasteiger partial charge in [0, 0.05) is 18.0 Å². The first-order valence-corrected chi connectivity index (χ1v) is 6.66. The Kier molecular flexibility index (Phi) is 4.62. The molecule has 0 bridgehead atoms. The van der Waals surface area contributed by atoms with Crippen LogP contribution >= 0.6 is 0 Å². The quantitative estimate of drug-likeness (QED) is 0.886. The fraction of sp³-hybridized carbons (Fsp3) is 0.357. The van der Waals surface area contributed by atoms with Gasteiger partial charge in [0.25, 0.3) is 5.91 Å². The normalized spacial score (nSPS) is 12.2. The molecule has 0 radical (unpaired) electrons. The maximum atomic E-state index is 13.5. The van der Waals surface area contributed by atoms with Gasteiger partial charge in [-0.25, -0.2) is 13.8 Å². The summed E-state index contributed by atoms with van der Waals surface area (Å²) < 4.78 is 27.1. The molecule has 0 fully saturated rings. The summed E-state index contributed by atoms with van der Waals surface area (Å²) in [5.41, 5.74) is -0.0467. The van der Waals surface area contributed by atoms with Crippen LogP contribution in [0.4, 0.5) is 8.78 Å². The van der Waals surface area contributed by atoms with E-state index in [1.54, 1.807) is 6.92 Å². The lowest BCUT2D eigenvalue weighted by Crippen LogP contribution is -2.35. The van der Waals surface area contributed by atoms with E-state index in [1.807, 2.05) is 6.92 Å². The molecule has 7 heteroatoms. The molecule has 1 heterocycles. The summed E-state index contributed by atoms with van der Waals surface area (Å²) in [4.78, 5) is 15.9. The first-order chi connectivity index (χ1) is 10.0. The SMILES string of the molecule is CCc1nc(C(=O)NC(C)Cc2c(F)cccc2F)n[nH]1. The number of aryl methyl sites for hydroxylation is 1. The predicted octanol–water partition coefficient (Wildman–Crippen LogP) is 2.01. The van der Waals surface area contributed by atoms with E-state index in [0.717, 1.165) is 0 Å². The van der Waals surface area contributed by atoms with Crippen LogP contribution < -0.4 is 5.32 Å². The third-order valence-corrected chi connectivity index (χ3v) is 3.02. The van der Waals surface area contributed by atoms with Gasteiger partial charge in [-0.05, 0) is 25.5 Å². The zero-order chi connectivity index (χ0) is 15.4. The maximum Gasteiger partial charge on any atom is 0.291 e. The highest BCUT2D eigenvalue weighted by atomic mass is 19.1. The fourth-order valence-electron chi connectivity index (χ4n) is 1.93. The smallest absolute Gasteiger partial charge is 0.291 e. The van der Waals surface area contributed by atoms with Gasteiger partial charge < -0.3 is 5.32 Å². The lowest BCUT2D eigenvalue weighted by molar-refractivity contribution is 0.0929. The molecule has 5 nitrogen and oxygen atoms in total. The molecule has 112 valence electrons. The lowest BCUT2D eigenvalue weighted by atomic mass is 10.1.